The van der Waals surface area contributed by atoms with Crippen LogP contribution in [-0.4, -0.2) is 34.2 Å². The molecule has 0 spiro atoms. The fourth-order valence-electron chi connectivity index (χ4n) is 3.51. The van der Waals surface area contributed by atoms with Crippen molar-refractivity contribution >= 4 is 28.9 Å². The van der Waals surface area contributed by atoms with Crippen molar-refractivity contribution in [3.05, 3.63) is 53.5 Å². The zero-order valence-corrected chi connectivity index (χ0v) is 14.7. The van der Waals surface area contributed by atoms with E-state index in [1.807, 2.05) is 36.5 Å². The van der Waals surface area contributed by atoms with E-state index in [4.69, 9.17) is 4.74 Å². The Hall–Kier alpha value is -3.61. The number of carbonyl (C=O) groups excluding carboxylic acids is 1. The Morgan fingerprint density at radius 2 is 2.15 bits per heavy atom. The van der Waals surface area contributed by atoms with Crippen molar-refractivity contribution in [2.75, 3.05) is 23.8 Å². The molecule has 0 radical (unpaired) electrons. The lowest BCUT2D eigenvalue weighted by atomic mass is 9.96. The minimum absolute atomic E-state index is 0.118. The first-order chi connectivity index (χ1) is 13.2. The number of amides is 1. The Morgan fingerprint density at radius 1 is 1.22 bits per heavy atom. The van der Waals surface area contributed by atoms with E-state index in [0.717, 1.165) is 45.9 Å². The summed E-state index contributed by atoms with van der Waals surface area (Å²) < 4.78 is 5.61. The first-order valence-electron chi connectivity index (χ1n) is 8.74. The van der Waals surface area contributed by atoms with Gasteiger partial charge in [-0.2, -0.15) is 5.10 Å². The van der Waals surface area contributed by atoms with Gasteiger partial charge in [0.15, 0.2) is 0 Å². The third kappa shape index (κ3) is 2.55. The maximum absolute atomic E-state index is 12.4. The average Bonchev–Trinajstić information content (AvgIpc) is 3.31. The summed E-state index contributed by atoms with van der Waals surface area (Å²) in [5, 5.41) is 13.1. The van der Waals surface area contributed by atoms with Gasteiger partial charge in [-0.15, -0.1) is 0 Å². The van der Waals surface area contributed by atoms with Crippen LogP contribution >= 0.6 is 0 Å². The Morgan fingerprint density at radius 3 is 3.00 bits per heavy atom. The Labute approximate surface area is 155 Å². The number of anilines is 2. The van der Waals surface area contributed by atoms with Crippen LogP contribution in [-0.2, 0) is 4.79 Å². The summed E-state index contributed by atoms with van der Waals surface area (Å²) in [7, 11) is 0. The molecule has 4 heterocycles. The highest BCUT2D eigenvalue weighted by atomic mass is 16.5. The van der Waals surface area contributed by atoms with Gasteiger partial charge >= 0.3 is 0 Å². The molecule has 5 rings (SSSR count). The third-order valence-corrected chi connectivity index (χ3v) is 4.88. The van der Waals surface area contributed by atoms with Crippen LogP contribution in [0.15, 0.2) is 36.7 Å². The first kappa shape index (κ1) is 15.6. The molecule has 0 fully saturated rings. The van der Waals surface area contributed by atoms with E-state index in [1.165, 1.54) is 0 Å². The third-order valence-electron chi connectivity index (χ3n) is 4.88. The number of ether oxygens (including phenoxy) is 1. The maximum atomic E-state index is 12.4. The Kier molecular flexibility index (Phi) is 3.46. The molecule has 7 heteroatoms. The van der Waals surface area contributed by atoms with Crippen LogP contribution in [0.25, 0.3) is 22.8 Å². The molecule has 1 amide bonds. The highest BCUT2D eigenvalue weighted by Gasteiger charge is 2.25. The van der Waals surface area contributed by atoms with E-state index < -0.39 is 0 Å². The molecule has 1 aromatic carbocycles. The average molecular weight is 359 g/mol. The highest BCUT2D eigenvalue weighted by Crippen LogP contribution is 2.39. The predicted molar refractivity (Wildman–Crippen MR) is 103 cm³/mol. The zero-order chi connectivity index (χ0) is 18.4. The number of hydrogen-bond donors (Lipinski definition) is 3. The van der Waals surface area contributed by atoms with Gasteiger partial charge in [0.2, 0.25) is 5.88 Å². The minimum Gasteiger partial charge on any atom is -0.474 e. The van der Waals surface area contributed by atoms with Gasteiger partial charge < -0.3 is 15.4 Å². The predicted octanol–water partition coefficient (Wildman–Crippen LogP) is 3.08. The standard InChI is InChI=1S/C20H17N5O2/c1-11-16(10-22-20-18(11)21-6-7-27-20)12-2-3-17-14(8-12)15(19(26)24-17)9-13-4-5-23-25-13/h2-5,8-10,21H,6-7H2,1H3,(H,23,25)(H,24,26). The SMILES string of the molecule is Cc1c(-c2ccc3c(c2)C(=Cc2ccn[nH]2)C(=O)N3)cnc2c1NCCO2. The van der Waals surface area contributed by atoms with Gasteiger partial charge in [-0.25, -0.2) is 4.98 Å². The van der Waals surface area contributed by atoms with Crippen LogP contribution in [0.3, 0.4) is 0 Å². The summed E-state index contributed by atoms with van der Waals surface area (Å²) in [6.45, 7) is 3.43. The van der Waals surface area contributed by atoms with Gasteiger partial charge in [-0.1, -0.05) is 6.07 Å². The molecule has 0 aliphatic carbocycles. The summed E-state index contributed by atoms with van der Waals surface area (Å²) in [5.41, 5.74) is 7.09. The van der Waals surface area contributed by atoms with E-state index in [9.17, 15) is 4.79 Å². The van der Waals surface area contributed by atoms with Crippen molar-refractivity contribution in [2.45, 2.75) is 6.92 Å². The molecule has 0 saturated carbocycles. The largest absolute Gasteiger partial charge is 0.474 e. The molecule has 2 aromatic heterocycles. The van der Waals surface area contributed by atoms with Gasteiger partial charge in [0.25, 0.3) is 5.91 Å². The maximum Gasteiger partial charge on any atom is 0.256 e. The number of carbonyl (C=O) groups is 1. The lowest BCUT2D eigenvalue weighted by molar-refractivity contribution is -0.110. The van der Waals surface area contributed by atoms with Gasteiger partial charge in [0, 0.05) is 35.8 Å². The number of benzene rings is 1. The minimum atomic E-state index is -0.118. The zero-order valence-electron chi connectivity index (χ0n) is 14.7. The Balaban J connectivity index is 1.61. The number of hydrogen-bond acceptors (Lipinski definition) is 5. The van der Waals surface area contributed by atoms with Crippen molar-refractivity contribution < 1.29 is 9.53 Å². The number of fused-ring (bicyclic) bond motifs is 2. The van der Waals surface area contributed by atoms with Crippen LogP contribution in [0.5, 0.6) is 5.88 Å². The molecule has 0 saturated heterocycles. The number of rotatable bonds is 2. The van der Waals surface area contributed by atoms with Gasteiger partial charge in [-0.05, 0) is 42.3 Å². The second-order valence-corrected chi connectivity index (χ2v) is 6.54. The van der Waals surface area contributed by atoms with Crippen molar-refractivity contribution in [3.8, 4) is 17.0 Å². The molecule has 7 nitrogen and oxygen atoms in total. The molecule has 27 heavy (non-hydrogen) atoms. The van der Waals surface area contributed by atoms with Crippen LogP contribution in [0.2, 0.25) is 0 Å². The van der Waals surface area contributed by atoms with Crippen LogP contribution in [0.4, 0.5) is 11.4 Å². The second-order valence-electron chi connectivity index (χ2n) is 6.54. The molecule has 0 bridgehead atoms. The highest BCUT2D eigenvalue weighted by molar-refractivity contribution is 6.35. The van der Waals surface area contributed by atoms with Crippen molar-refractivity contribution in [1.82, 2.24) is 15.2 Å². The molecule has 2 aliphatic heterocycles. The van der Waals surface area contributed by atoms with Crippen molar-refractivity contribution in [3.63, 3.8) is 0 Å². The molecule has 134 valence electrons. The topological polar surface area (TPSA) is 91.9 Å². The quantitative estimate of drug-likeness (QED) is 0.612. The molecular weight excluding hydrogens is 342 g/mol. The molecule has 2 aliphatic rings. The summed E-state index contributed by atoms with van der Waals surface area (Å²) in [4.78, 5) is 16.9. The lowest BCUT2D eigenvalue weighted by Gasteiger charge is -2.21. The summed E-state index contributed by atoms with van der Waals surface area (Å²) >= 11 is 0. The summed E-state index contributed by atoms with van der Waals surface area (Å²) in [5.74, 6) is 0.521. The van der Waals surface area contributed by atoms with Crippen LogP contribution in [0.1, 0.15) is 16.8 Å². The smallest absolute Gasteiger partial charge is 0.256 e. The van der Waals surface area contributed by atoms with Gasteiger partial charge in [0.1, 0.15) is 12.3 Å². The molecule has 0 unspecified atom stereocenters. The fraction of sp³-hybridized carbons (Fsp3) is 0.150. The number of aromatic nitrogens is 3. The molecular formula is C20H17N5O2. The molecule has 3 N–H and O–H groups in total. The summed E-state index contributed by atoms with van der Waals surface area (Å²) in [6.07, 6.45) is 5.30. The summed E-state index contributed by atoms with van der Waals surface area (Å²) in [6, 6.07) is 7.78. The van der Waals surface area contributed by atoms with Crippen molar-refractivity contribution in [2.24, 2.45) is 0 Å². The van der Waals surface area contributed by atoms with E-state index in [-0.39, 0.29) is 5.91 Å². The van der Waals surface area contributed by atoms with E-state index in [1.54, 1.807) is 6.20 Å². The fourth-order valence-corrected chi connectivity index (χ4v) is 3.51. The number of H-pyrrole nitrogens is 1. The number of pyridine rings is 1. The number of nitrogens with one attached hydrogen (secondary N) is 3. The van der Waals surface area contributed by atoms with Crippen LogP contribution < -0.4 is 15.4 Å². The molecule has 3 aromatic rings. The normalized spacial score (nSPS) is 16.3. The van der Waals surface area contributed by atoms with E-state index in [2.05, 4.69) is 32.7 Å². The first-order valence-corrected chi connectivity index (χ1v) is 8.74. The van der Waals surface area contributed by atoms with Gasteiger partial charge in [0.05, 0.1) is 11.3 Å². The Bertz CT molecular complexity index is 1090. The second kappa shape index (κ2) is 5.98. The van der Waals surface area contributed by atoms with E-state index >= 15 is 0 Å². The van der Waals surface area contributed by atoms with Gasteiger partial charge in [-0.3, -0.25) is 9.89 Å². The monoisotopic (exact) mass is 359 g/mol. The van der Waals surface area contributed by atoms with E-state index in [0.29, 0.717) is 18.1 Å². The lowest BCUT2D eigenvalue weighted by Crippen LogP contribution is -2.20. The molecule has 0 atom stereocenters. The number of aromatic amines is 1. The number of nitrogens with zero attached hydrogens (tertiary/aromatic N) is 2. The van der Waals surface area contributed by atoms with Crippen molar-refractivity contribution in [1.29, 1.82) is 0 Å². The van der Waals surface area contributed by atoms with Crippen LogP contribution in [0, 0.1) is 6.92 Å².